The SMILES string of the molecule is CCC(C)C(O)CNC1CC(C)N(C)CC1C. The highest BCUT2D eigenvalue weighted by atomic mass is 16.3. The third kappa shape index (κ3) is 4.23. The van der Waals surface area contributed by atoms with Gasteiger partial charge in [-0.3, -0.25) is 0 Å². The molecule has 3 heteroatoms. The molecule has 17 heavy (non-hydrogen) atoms. The number of likely N-dealkylation sites (tertiary alicyclic amines) is 1. The molecule has 1 fully saturated rings. The maximum atomic E-state index is 9.98. The zero-order valence-electron chi connectivity index (χ0n) is 12.1. The number of hydrogen-bond acceptors (Lipinski definition) is 3. The predicted octanol–water partition coefficient (Wildman–Crippen LogP) is 1.71. The van der Waals surface area contributed by atoms with Gasteiger partial charge in [-0.1, -0.05) is 27.2 Å². The van der Waals surface area contributed by atoms with Crippen LogP contribution < -0.4 is 5.32 Å². The van der Waals surface area contributed by atoms with Crippen molar-refractivity contribution in [1.29, 1.82) is 0 Å². The summed E-state index contributed by atoms with van der Waals surface area (Å²) in [7, 11) is 2.20. The normalized spacial score (nSPS) is 34.6. The first-order valence-electron chi connectivity index (χ1n) is 7.07. The summed E-state index contributed by atoms with van der Waals surface area (Å²) in [5, 5.41) is 13.5. The molecule has 1 rings (SSSR count). The van der Waals surface area contributed by atoms with E-state index < -0.39 is 0 Å². The summed E-state index contributed by atoms with van der Waals surface area (Å²) in [6.07, 6.45) is 2.02. The third-order valence-corrected chi connectivity index (χ3v) is 4.50. The molecule has 1 aliphatic heterocycles. The van der Waals surface area contributed by atoms with Gasteiger partial charge in [-0.2, -0.15) is 0 Å². The van der Waals surface area contributed by atoms with Gasteiger partial charge in [0.1, 0.15) is 0 Å². The van der Waals surface area contributed by atoms with Crippen LogP contribution in [0.1, 0.15) is 40.5 Å². The molecule has 1 aliphatic rings. The van der Waals surface area contributed by atoms with Crippen molar-refractivity contribution < 1.29 is 5.11 Å². The first kappa shape index (κ1) is 14.9. The van der Waals surface area contributed by atoms with E-state index in [2.05, 4.69) is 45.0 Å². The number of hydrogen-bond donors (Lipinski definition) is 2. The molecule has 0 saturated carbocycles. The molecule has 0 aromatic carbocycles. The molecule has 0 amide bonds. The Balaban J connectivity index is 2.36. The zero-order chi connectivity index (χ0) is 13.0. The Kier molecular flexibility index (Phi) is 5.90. The minimum atomic E-state index is -0.206. The molecule has 3 nitrogen and oxygen atoms in total. The second-order valence-corrected chi connectivity index (χ2v) is 5.97. The summed E-state index contributed by atoms with van der Waals surface area (Å²) >= 11 is 0. The lowest BCUT2D eigenvalue weighted by atomic mass is 9.89. The Morgan fingerprint density at radius 2 is 2.06 bits per heavy atom. The number of nitrogens with zero attached hydrogens (tertiary/aromatic N) is 1. The lowest BCUT2D eigenvalue weighted by Crippen LogP contribution is -2.52. The quantitative estimate of drug-likeness (QED) is 0.770. The first-order valence-corrected chi connectivity index (χ1v) is 7.07. The molecule has 2 N–H and O–H groups in total. The minimum Gasteiger partial charge on any atom is -0.392 e. The van der Waals surface area contributed by atoms with Gasteiger partial charge in [-0.15, -0.1) is 0 Å². The van der Waals surface area contributed by atoms with Crippen molar-refractivity contribution in [3.05, 3.63) is 0 Å². The van der Waals surface area contributed by atoms with Crippen LogP contribution in [0.15, 0.2) is 0 Å². The van der Waals surface area contributed by atoms with E-state index in [0.29, 0.717) is 23.9 Å². The molecule has 0 radical (unpaired) electrons. The summed E-state index contributed by atoms with van der Waals surface area (Å²) in [5.41, 5.74) is 0. The second-order valence-electron chi connectivity index (χ2n) is 5.97. The van der Waals surface area contributed by atoms with Crippen LogP contribution in [0.25, 0.3) is 0 Å². The minimum absolute atomic E-state index is 0.206. The largest absolute Gasteiger partial charge is 0.392 e. The van der Waals surface area contributed by atoms with Crippen molar-refractivity contribution in [2.75, 3.05) is 20.1 Å². The van der Waals surface area contributed by atoms with Gasteiger partial charge in [-0.25, -0.2) is 0 Å². The van der Waals surface area contributed by atoms with Crippen molar-refractivity contribution in [1.82, 2.24) is 10.2 Å². The topological polar surface area (TPSA) is 35.5 Å². The average molecular weight is 242 g/mol. The summed E-state index contributed by atoms with van der Waals surface area (Å²) in [6.45, 7) is 10.7. The summed E-state index contributed by atoms with van der Waals surface area (Å²) in [4.78, 5) is 2.42. The molecule has 0 aliphatic carbocycles. The van der Waals surface area contributed by atoms with Crippen LogP contribution in [0.2, 0.25) is 0 Å². The second kappa shape index (κ2) is 6.72. The molecule has 5 atom stereocenters. The van der Waals surface area contributed by atoms with Gasteiger partial charge in [0, 0.05) is 25.2 Å². The van der Waals surface area contributed by atoms with Crippen LogP contribution in [0.5, 0.6) is 0 Å². The number of nitrogens with one attached hydrogen (secondary N) is 1. The molecule has 102 valence electrons. The van der Waals surface area contributed by atoms with Crippen molar-refractivity contribution in [2.24, 2.45) is 11.8 Å². The Hall–Kier alpha value is -0.120. The standard InChI is InChI=1S/C14H30N2O/c1-6-10(2)14(17)8-15-13-7-12(4)16(5)9-11(13)3/h10-15,17H,6-9H2,1-5H3. The molecule has 0 aromatic rings. The van der Waals surface area contributed by atoms with E-state index in [-0.39, 0.29) is 6.10 Å². The number of aliphatic hydroxyl groups is 1. The maximum Gasteiger partial charge on any atom is 0.0690 e. The molecule has 5 unspecified atom stereocenters. The molecule has 0 spiro atoms. The van der Waals surface area contributed by atoms with Crippen LogP contribution in [-0.2, 0) is 0 Å². The lowest BCUT2D eigenvalue weighted by molar-refractivity contribution is 0.0841. The smallest absolute Gasteiger partial charge is 0.0690 e. The van der Waals surface area contributed by atoms with Crippen LogP contribution in [0, 0.1) is 11.8 Å². The molecular weight excluding hydrogens is 212 g/mol. The lowest BCUT2D eigenvalue weighted by Gasteiger charge is -2.40. The van der Waals surface area contributed by atoms with Gasteiger partial charge >= 0.3 is 0 Å². The van der Waals surface area contributed by atoms with E-state index in [1.165, 1.54) is 6.42 Å². The molecule has 1 heterocycles. The van der Waals surface area contributed by atoms with Gasteiger partial charge in [0.15, 0.2) is 0 Å². The van der Waals surface area contributed by atoms with Crippen molar-refractivity contribution >= 4 is 0 Å². The molecule has 0 aromatic heterocycles. The monoisotopic (exact) mass is 242 g/mol. The maximum absolute atomic E-state index is 9.98. The highest BCUT2D eigenvalue weighted by molar-refractivity contribution is 4.86. The fraction of sp³-hybridized carbons (Fsp3) is 1.00. The number of rotatable bonds is 5. The van der Waals surface area contributed by atoms with Crippen LogP contribution in [0.4, 0.5) is 0 Å². The number of aliphatic hydroxyl groups excluding tert-OH is 1. The van der Waals surface area contributed by atoms with Crippen LogP contribution in [-0.4, -0.2) is 48.3 Å². The highest BCUT2D eigenvalue weighted by Gasteiger charge is 2.29. The molecule has 0 bridgehead atoms. The fourth-order valence-corrected chi connectivity index (χ4v) is 2.57. The summed E-state index contributed by atoms with van der Waals surface area (Å²) in [5.74, 6) is 1.06. The van der Waals surface area contributed by atoms with Crippen LogP contribution in [0.3, 0.4) is 0 Å². The first-order chi connectivity index (χ1) is 7.95. The third-order valence-electron chi connectivity index (χ3n) is 4.50. The van der Waals surface area contributed by atoms with Crippen molar-refractivity contribution in [3.63, 3.8) is 0 Å². The van der Waals surface area contributed by atoms with Crippen molar-refractivity contribution in [2.45, 2.75) is 58.7 Å². The van der Waals surface area contributed by atoms with Gasteiger partial charge in [-0.05, 0) is 32.2 Å². The fourth-order valence-electron chi connectivity index (χ4n) is 2.57. The number of piperidine rings is 1. The van der Waals surface area contributed by atoms with Crippen molar-refractivity contribution in [3.8, 4) is 0 Å². The molecule has 1 saturated heterocycles. The average Bonchev–Trinajstić information content (AvgIpc) is 2.30. The summed E-state index contributed by atoms with van der Waals surface area (Å²) < 4.78 is 0. The highest BCUT2D eigenvalue weighted by Crippen LogP contribution is 2.20. The van der Waals surface area contributed by atoms with Gasteiger partial charge in [0.25, 0.3) is 0 Å². The van der Waals surface area contributed by atoms with E-state index >= 15 is 0 Å². The van der Waals surface area contributed by atoms with E-state index in [1.807, 2.05) is 0 Å². The van der Waals surface area contributed by atoms with E-state index in [0.717, 1.165) is 19.5 Å². The van der Waals surface area contributed by atoms with Crippen LogP contribution >= 0.6 is 0 Å². The Morgan fingerprint density at radius 1 is 1.41 bits per heavy atom. The molecular formula is C14H30N2O. The van der Waals surface area contributed by atoms with E-state index in [1.54, 1.807) is 0 Å². The Bertz CT molecular complexity index is 222. The van der Waals surface area contributed by atoms with Gasteiger partial charge in [0.2, 0.25) is 0 Å². The summed E-state index contributed by atoms with van der Waals surface area (Å²) in [6, 6.07) is 1.20. The van der Waals surface area contributed by atoms with E-state index in [4.69, 9.17) is 0 Å². The zero-order valence-corrected chi connectivity index (χ0v) is 12.1. The van der Waals surface area contributed by atoms with Gasteiger partial charge in [0.05, 0.1) is 6.10 Å². The predicted molar refractivity (Wildman–Crippen MR) is 73.1 cm³/mol. The van der Waals surface area contributed by atoms with E-state index in [9.17, 15) is 5.11 Å². The Morgan fingerprint density at radius 3 is 2.65 bits per heavy atom. The van der Waals surface area contributed by atoms with Gasteiger partial charge < -0.3 is 15.3 Å². The Labute approximate surface area is 107 Å².